The third kappa shape index (κ3) is 2.97. The summed E-state index contributed by atoms with van der Waals surface area (Å²) in [6.45, 7) is 8.76. The predicted octanol–water partition coefficient (Wildman–Crippen LogP) is 2.51. The lowest BCUT2D eigenvalue weighted by Crippen LogP contribution is -2.24. The molecule has 1 unspecified atom stereocenters. The molecule has 0 saturated carbocycles. The molecule has 19 heavy (non-hydrogen) atoms. The van der Waals surface area contributed by atoms with Crippen molar-refractivity contribution in [2.45, 2.75) is 46.0 Å². The number of nitrogens with zero attached hydrogens (tertiary/aromatic N) is 3. The molecule has 1 fully saturated rings. The molecule has 0 spiro atoms. The van der Waals surface area contributed by atoms with Gasteiger partial charge in [-0.15, -0.1) is 0 Å². The van der Waals surface area contributed by atoms with Crippen LogP contribution >= 0.6 is 0 Å². The Balaban J connectivity index is 2.25. The fourth-order valence-corrected chi connectivity index (χ4v) is 2.95. The highest BCUT2D eigenvalue weighted by molar-refractivity contribution is 5.60. The Hall–Kier alpha value is -1.36. The van der Waals surface area contributed by atoms with E-state index in [4.69, 9.17) is 5.84 Å². The molecule has 106 valence electrons. The topological polar surface area (TPSA) is 67.1 Å². The first kappa shape index (κ1) is 14.1. The quantitative estimate of drug-likeness (QED) is 0.631. The number of nitrogen functional groups attached to an aromatic ring is 1. The summed E-state index contributed by atoms with van der Waals surface area (Å²) >= 11 is 0. The Morgan fingerprint density at radius 2 is 2.26 bits per heavy atom. The van der Waals surface area contributed by atoms with Crippen LogP contribution < -0.4 is 16.2 Å². The van der Waals surface area contributed by atoms with Crippen molar-refractivity contribution in [3.05, 3.63) is 11.9 Å². The molecular weight excluding hydrogens is 238 g/mol. The van der Waals surface area contributed by atoms with E-state index in [0.29, 0.717) is 5.92 Å². The fraction of sp³-hybridized carbons (Fsp3) is 0.714. The molecule has 1 saturated heterocycles. The molecule has 0 bridgehead atoms. The maximum absolute atomic E-state index is 5.57. The molecule has 5 nitrogen and oxygen atoms in total. The van der Waals surface area contributed by atoms with Crippen LogP contribution in [0.3, 0.4) is 0 Å². The van der Waals surface area contributed by atoms with Crippen LogP contribution in [0.4, 0.5) is 11.6 Å². The van der Waals surface area contributed by atoms with Crippen molar-refractivity contribution >= 4 is 11.6 Å². The maximum atomic E-state index is 5.57. The molecule has 0 aromatic carbocycles. The van der Waals surface area contributed by atoms with Gasteiger partial charge in [-0.05, 0) is 24.7 Å². The molecule has 3 N–H and O–H groups in total. The van der Waals surface area contributed by atoms with Crippen LogP contribution in [-0.2, 0) is 0 Å². The lowest BCUT2D eigenvalue weighted by molar-refractivity contribution is 0.529. The predicted molar refractivity (Wildman–Crippen MR) is 79.2 cm³/mol. The number of hydrogen-bond acceptors (Lipinski definition) is 5. The zero-order valence-electron chi connectivity index (χ0n) is 12.2. The number of hydrogen-bond donors (Lipinski definition) is 2. The normalized spacial score (nSPS) is 19.2. The van der Waals surface area contributed by atoms with Gasteiger partial charge in [0, 0.05) is 18.7 Å². The summed E-state index contributed by atoms with van der Waals surface area (Å²) in [6, 6.07) is 0. The Morgan fingerprint density at radius 3 is 2.89 bits per heavy atom. The van der Waals surface area contributed by atoms with Crippen molar-refractivity contribution in [2.24, 2.45) is 11.8 Å². The van der Waals surface area contributed by atoms with Crippen molar-refractivity contribution in [2.75, 3.05) is 23.4 Å². The van der Waals surface area contributed by atoms with Gasteiger partial charge in [0.25, 0.3) is 0 Å². The molecule has 1 aliphatic heterocycles. The van der Waals surface area contributed by atoms with Crippen molar-refractivity contribution < 1.29 is 0 Å². The monoisotopic (exact) mass is 263 g/mol. The van der Waals surface area contributed by atoms with Gasteiger partial charge in [-0.2, -0.15) is 0 Å². The van der Waals surface area contributed by atoms with E-state index in [1.54, 1.807) is 6.33 Å². The van der Waals surface area contributed by atoms with Crippen LogP contribution in [0.5, 0.6) is 0 Å². The minimum Gasteiger partial charge on any atom is -0.356 e. The van der Waals surface area contributed by atoms with E-state index in [1.165, 1.54) is 19.3 Å². The van der Waals surface area contributed by atoms with Gasteiger partial charge in [-0.25, -0.2) is 15.8 Å². The molecule has 0 amide bonds. The van der Waals surface area contributed by atoms with Gasteiger partial charge in [0.15, 0.2) is 0 Å². The Kier molecular flexibility index (Phi) is 4.58. The molecule has 0 radical (unpaired) electrons. The van der Waals surface area contributed by atoms with E-state index in [0.717, 1.165) is 36.2 Å². The first-order chi connectivity index (χ1) is 9.17. The van der Waals surface area contributed by atoms with Gasteiger partial charge < -0.3 is 10.3 Å². The van der Waals surface area contributed by atoms with Gasteiger partial charge in [-0.1, -0.05) is 27.2 Å². The summed E-state index contributed by atoms with van der Waals surface area (Å²) in [5.74, 6) is 8.53. The van der Waals surface area contributed by atoms with Gasteiger partial charge in [-0.3, -0.25) is 0 Å². The second-order valence-corrected chi connectivity index (χ2v) is 5.65. The van der Waals surface area contributed by atoms with Crippen LogP contribution in [0, 0.1) is 5.92 Å². The summed E-state index contributed by atoms with van der Waals surface area (Å²) in [5, 5.41) is 0. The van der Waals surface area contributed by atoms with Gasteiger partial charge in [0.2, 0.25) is 0 Å². The van der Waals surface area contributed by atoms with Gasteiger partial charge >= 0.3 is 0 Å². The van der Waals surface area contributed by atoms with E-state index in [1.807, 2.05) is 0 Å². The molecule has 5 heteroatoms. The van der Waals surface area contributed by atoms with E-state index in [-0.39, 0.29) is 0 Å². The van der Waals surface area contributed by atoms with Crippen molar-refractivity contribution in [1.82, 2.24) is 9.97 Å². The largest absolute Gasteiger partial charge is 0.356 e. The summed E-state index contributed by atoms with van der Waals surface area (Å²) in [7, 11) is 0. The Labute approximate surface area is 115 Å². The third-order valence-electron chi connectivity index (χ3n) is 3.86. The van der Waals surface area contributed by atoms with E-state index in [9.17, 15) is 0 Å². The van der Waals surface area contributed by atoms with Gasteiger partial charge in [0.05, 0.1) is 0 Å². The van der Waals surface area contributed by atoms with Crippen LogP contribution in [0.1, 0.15) is 51.5 Å². The minimum absolute atomic E-state index is 0.354. The van der Waals surface area contributed by atoms with Crippen LogP contribution in [0.25, 0.3) is 0 Å². The lowest BCUT2D eigenvalue weighted by Gasteiger charge is -2.23. The van der Waals surface area contributed by atoms with Crippen LogP contribution in [0.15, 0.2) is 6.33 Å². The second kappa shape index (κ2) is 6.19. The maximum Gasteiger partial charge on any atom is 0.148 e. The summed E-state index contributed by atoms with van der Waals surface area (Å²) in [4.78, 5) is 11.1. The Morgan fingerprint density at radius 1 is 1.47 bits per heavy atom. The molecule has 1 aromatic heterocycles. The third-order valence-corrected chi connectivity index (χ3v) is 3.86. The number of aromatic nitrogens is 2. The van der Waals surface area contributed by atoms with E-state index < -0.39 is 0 Å². The van der Waals surface area contributed by atoms with Crippen molar-refractivity contribution in [1.29, 1.82) is 0 Å². The Bertz CT molecular complexity index is 418. The number of rotatable bonds is 5. The summed E-state index contributed by atoms with van der Waals surface area (Å²) < 4.78 is 0. The highest BCUT2D eigenvalue weighted by atomic mass is 15.3. The lowest BCUT2D eigenvalue weighted by atomic mass is 10.0. The average molecular weight is 263 g/mol. The van der Waals surface area contributed by atoms with E-state index in [2.05, 4.69) is 41.1 Å². The van der Waals surface area contributed by atoms with E-state index >= 15 is 0 Å². The first-order valence-electron chi connectivity index (χ1n) is 7.23. The average Bonchev–Trinajstić information content (AvgIpc) is 2.86. The highest BCUT2D eigenvalue weighted by Gasteiger charge is 2.26. The zero-order chi connectivity index (χ0) is 13.8. The molecule has 2 rings (SSSR count). The van der Waals surface area contributed by atoms with Crippen LogP contribution in [0.2, 0.25) is 0 Å². The molecule has 1 aromatic rings. The van der Waals surface area contributed by atoms with Gasteiger partial charge in [0.1, 0.15) is 18.0 Å². The number of anilines is 2. The molecular formula is C14H25N5. The molecule has 1 atom stereocenters. The highest BCUT2D eigenvalue weighted by Crippen LogP contribution is 2.33. The van der Waals surface area contributed by atoms with Crippen LogP contribution in [-0.4, -0.2) is 23.1 Å². The smallest absolute Gasteiger partial charge is 0.148 e. The second-order valence-electron chi connectivity index (χ2n) is 5.65. The summed E-state index contributed by atoms with van der Waals surface area (Å²) in [5.41, 5.74) is 3.83. The number of nitrogens with one attached hydrogen (secondary N) is 1. The minimum atomic E-state index is 0.354. The van der Waals surface area contributed by atoms with Crippen molar-refractivity contribution in [3.8, 4) is 0 Å². The van der Waals surface area contributed by atoms with Crippen molar-refractivity contribution in [3.63, 3.8) is 0 Å². The SMILES string of the molecule is CCCC1CCN(c2ncnc(NN)c2C(C)C)C1. The molecule has 2 heterocycles. The standard InChI is InChI=1S/C14H25N5/c1-4-5-11-6-7-19(8-11)14-12(10(2)3)13(18-15)16-9-17-14/h9-11H,4-8,15H2,1-3H3,(H,16,17,18). The molecule has 0 aliphatic carbocycles. The zero-order valence-corrected chi connectivity index (χ0v) is 12.2. The first-order valence-corrected chi connectivity index (χ1v) is 7.23. The number of hydrazine groups is 1. The summed E-state index contributed by atoms with van der Waals surface area (Å²) in [6.07, 6.45) is 5.43. The number of nitrogens with two attached hydrogens (primary N) is 1. The molecule has 1 aliphatic rings. The fourth-order valence-electron chi connectivity index (χ4n) is 2.95.